The highest BCUT2D eigenvalue weighted by molar-refractivity contribution is 5.79. The molecule has 1 aliphatic rings. The third-order valence-corrected chi connectivity index (χ3v) is 3.10. The lowest BCUT2D eigenvalue weighted by Gasteiger charge is -2.27. The molecule has 2 aromatic heterocycles. The summed E-state index contributed by atoms with van der Waals surface area (Å²) in [6.45, 7) is 2.33. The van der Waals surface area contributed by atoms with E-state index in [4.69, 9.17) is 4.74 Å². The number of ether oxygens (including phenoxy) is 1. The second-order valence-electron chi connectivity index (χ2n) is 4.62. The maximum Gasteiger partial charge on any atom is 0.245 e. The molecule has 1 fully saturated rings. The van der Waals surface area contributed by atoms with Crippen LogP contribution in [0.25, 0.3) is 0 Å². The highest BCUT2D eigenvalue weighted by Crippen LogP contribution is 2.18. The standard InChI is InChI=1S/C14H15FN6O/c15-12-10-17-14(19-13(12)21-4-6-22-7-5-21)20-18-9-11-2-1-3-16-8-11/h1-3,8-10H,4-7H2,(H,17,19,20). The molecule has 0 aliphatic carbocycles. The van der Waals surface area contributed by atoms with E-state index in [-0.39, 0.29) is 11.8 Å². The van der Waals surface area contributed by atoms with Crippen molar-refractivity contribution in [2.24, 2.45) is 5.10 Å². The van der Waals surface area contributed by atoms with Crippen LogP contribution in [0.2, 0.25) is 0 Å². The molecule has 3 rings (SSSR count). The van der Waals surface area contributed by atoms with E-state index in [1.807, 2.05) is 17.0 Å². The molecule has 0 unspecified atom stereocenters. The maximum atomic E-state index is 13.9. The molecule has 0 aromatic carbocycles. The second-order valence-corrected chi connectivity index (χ2v) is 4.62. The second kappa shape index (κ2) is 6.90. The maximum absolute atomic E-state index is 13.9. The molecule has 2 aromatic rings. The number of hydrogen-bond acceptors (Lipinski definition) is 7. The Morgan fingerprint density at radius 2 is 2.18 bits per heavy atom. The molecule has 3 heterocycles. The van der Waals surface area contributed by atoms with Crippen LogP contribution in [-0.4, -0.2) is 47.5 Å². The Bertz CT molecular complexity index is 645. The van der Waals surface area contributed by atoms with Gasteiger partial charge < -0.3 is 9.64 Å². The molecule has 1 aliphatic heterocycles. The van der Waals surface area contributed by atoms with Gasteiger partial charge in [0.15, 0.2) is 11.6 Å². The predicted molar refractivity (Wildman–Crippen MR) is 80.5 cm³/mol. The molecule has 7 nitrogen and oxygen atoms in total. The van der Waals surface area contributed by atoms with E-state index < -0.39 is 5.82 Å². The van der Waals surface area contributed by atoms with Gasteiger partial charge in [-0.25, -0.2) is 14.8 Å². The summed E-state index contributed by atoms with van der Waals surface area (Å²) in [5, 5.41) is 4.02. The number of pyridine rings is 1. The molecular formula is C14H15FN6O. The van der Waals surface area contributed by atoms with Gasteiger partial charge in [0.25, 0.3) is 0 Å². The minimum absolute atomic E-state index is 0.239. The van der Waals surface area contributed by atoms with Crippen molar-refractivity contribution in [2.75, 3.05) is 36.6 Å². The van der Waals surface area contributed by atoms with Crippen LogP contribution >= 0.6 is 0 Å². The van der Waals surface area contributed by atoms with Crippen molar-refractivity contribution in [3.8, 4) is 0 Å². The summed E-state index contributed by atoms with van der Waals surface area (Å²) in [5.41, 5.74) is 3.53. The van der Waals surface area contributed by atoms with Crippen molar-refractivity contribution in [1.29, 1.82) is 0 Å². The fourth-order valence-electron chi connectivity index (χ4n) is 2.03. The number of hydrogen-bond donors (Lipinski definition) is 1. The lowest BCUT2D eigenvalue weighted by Crippen LogP contribution is -2.37. The highest BCUT2D eigenvalue weighted by atomic mass is 19.1. The van der Waals surface area contributed by atoms with Gasteiger partial charge in [0.1, 0.15) is 0 Å². The number of rotatable bonds is 4. The summed E-state index contributed by atoms with van der Waals surface area (Å²) in [5.74, 6) is 0.0455. The van der Waals surface area contributed by atoms with Crippen LogP contribution in [0.5, 0.6) is 0 Å². The third-order valence-electron chi connectivity index (χ3n) is 3.10. The first-order valence-corrected chi connectivity index (χ1v) is 6.87. The summed E-state index contributed by atoms with van der Waals surface area (Å²) < 4.78 is 19.1. The van der Waals surface area contributed by atoms with Gasteiger partial charge in [-0.05, 0) is 6.07 Å². The average Bonchev–Trinajstić information content (AvgIpc) is 2.58. The van der Waals surface area contributed by atoms with Crippen LogP contribution in [0.4, 0.5) is 16.2 Å². The van der Waals surface area contributed by atoms with Gasteiger partial charge in [0.05, 0.1) is 25.6 Å². The van der Waals surface area contributed by atoms with Crippen molar-refractivity contribution >= 4 is 18.0 Å². The zero-order valence-electron chi connectivity index (χ0n) is 11.8. The molecule has 0 spiro atoms. The van der Waals surface area contributed by atoms with Gasteiger partial charge in [0.2, 0.25) is 5.95 Å². The van der Waals surface area contributed by atoms with Crippen LogP contribution in [0.1, 0.15) is 5.56 Å². The Labute approximate surface area is 126 Å². The van der Waals surface area contributed by atoms with Gasteiger partial charge in [-0.1, -0.05) is 6.07 Å². The van der Waals surface area contributed by atoms with Crippen molar-refractivity contribution in [3.05, 3.63) is 42.1 Å². The van der Waals surface area contributed by atoms with E-state index in [2.05, 4.69) is 25.5 Å². The van der Waals surface area contributed by atoms with E-state index in [1.165, 1.54) is 0 Å². The lowest BCUT2D eigenvalue weighted by atomic mass is 10.3. The minimum atomic E-state index is -0.455. The quantitative estimate of drug-likeness (QED) is 0.677. The van der Waals surface area contributed by atoms with Crippen molar-refractivity contribution in [2.45, 2.75) is 0 Å². The SMILES string of the molecule is Fc1cnc(NN=Cc2cccnc2)nc1N1CCOCC1. The summed E-state index contributed by atoms with van der Waals surface area (Å²) in [7, 11) is 0. The molecular weight excluding hydrogens is 287 g/mol. The number of hydrazone groups is 1. The van der Waals surface area contributed by atoms with Crippen molar-refractivity contribution < 1.29 is 9.13 Å². The summed E-state index contributed by atoms with van der Waals surface area (Å²) in [6, 6.07) is 3.68. The molecule has 0 amide bonds. The molecule has 8 heteroatoms. The average molecular weight is 302 g/mol. The normalized spacial score (nSPS) is 15.2. The monoisotopic (exact) mass is 302 g/mol. The first-order valence-electron chi connectivity index (χ1n) is 6.87. The first-order chi connectivity index (χ1) is 10.8. The number of nitrogens with zero attached hydrogens (tertiary/aromatic N) is 5. The Morgan fingerprint density at radius 3 is 2.95 bits per heavy atom. The third kappa shape index (κ3) is 3.53. The van der Waals surface area contributed by atoms with E-state index >= 15 is 0 Å². The molecule has 0 saturated carbocycles. The van der Waals surface area contributed by atoms with E-state index in [0.717, 1.165) is 11.8 Å². The summed E-state index contributed by atoms with van der Waals surface area (Å²) in [4.78, 5) is 13.9. The first kappa shape index (κ1) is 14.3. The number of nitrogens with one attached hydrogen (secondary N) is 1. The largest absolute Gasteiger partial charge is 0.378 e. The zero-order chi connectivity index (χ0) is 15.2. The fourth-order valence-corrected chi connectivity index (χ4v) is 2.03. The summed E-state index contributed by atoms with van der Waals surface area (Å²) in [6.07, 6.45) is 6.09. The highest BCUT2D eigenvalue weighted by Gasteiger charge is 2.17. The molecule has 0 bridgehead atoms. The number of halogens is 1. The molecule has 114 valence electrons. The Morgan fingerprint density at radius 1 is 1.32 bits per heavy atom. The Kier molecular flexibility index (Phi) is 4.50. The fraction of sp³-hybridized carbons (Fsp3) is 0.286. The van der Waals surface area contributed by atoms with Crippen LogP contribution in [-0.2, 0) is 4.74 Å². The molecule has 1 saturated heterocycles. The minimum Gasteiger partial charge on any atom is -0.378 e. The van der Waals surface area contributed by atoms with Crippen molar-refractivity contribution in [3.63, 3.8) is 0 Å². The smallest absolute Gasteiger partial charge is 0.245 e. The number of morpholine rings is 1. The predicted octanol–water partition coefficient (Wildman–Crippen LogP) is 1.29. The molecule has 0 radical (unpaired) electrons. The van der Waals surface area contributed by atoms with Gasteiger partial charge in [-0.15, -0.1) is 0 Å². The zero-order valence-corrected chi connectivity index (χ0v) is 11.8. The number of aromatic nitrogens is 3. The molecule has 0 atom stereocenters. The van der Waals surface area contributed by atoms with Crippen LogP contribution in [0.15, 0.2) is 35.8 Å². The van der Waals surface area contributed by atoms with E-state index in [9.17, 15) is 4.39 Å². The topological polar surface area (TPSA) is 75.5 Å². The van der Waals surface area contributed by atoms with Gasteiger partial charge in [0, 0.05) is 31.0 Å². The molecule has 22 heavy (non-hydrogen) atoms. The Hall–Kier alpha value is -2.61. The molecule has 1 N–H and O–H groups in total. The van der Waals surface area contributed by atoms with Gasteiger partial charge in [-0.2, -0.15) is 10.1 Å². The van der Waals surface area contributed by atoms with Gasteiger partial charge >= 0.3 is 0 Å². The number of anilines is 2. The van der Waals surface area contributed by atoms with E-state index in [0.29, 0.717) is 26.3 Å². The van der Waals surface area contributed by atoms with Crippen LogP contribution in [0, 0.1) is 5.82 Å². The van der Waals surface area contributed by atoms with E-state index in [1.54, 1.807) is 18.6 Å². The van der Waals surface area contributed by atoms with Crippen LogP contribution < -0.4 is 10.3 Å². The van der Waals surface area contributed by atoms with Gasteiger partial charge in [-0.3, -0.25) is 4.98 Å². The lowest BCUT2D eigenvalue weighted by molar-refractivity contribution is 0.122. The summed E-state index contributed by atoms with van der Waals surface area (Å²) >= 11 is 0. The van der Waals surface area contributed by atoms with Crippen LogP contribution in [0.3, 0.4) is 0 Å². The Balaban J connectivity index is 1.70. The van der Waals surface area contributed by atoms with Crippen molar-refractivity contribution in [1.82, 2.24) is 15.0 Å².